The van der Waals surface area contributed by atoms with E-state index >= 15 is 0 Å². The fourth-order valence-electron chi connectivity index (χ4n) is 3.50. The van der Waals surface area contributed by atoms with Crippen LogP contribution in [0.5, 0.6) is 5.75 Å². The van der Waals surface area contributed by atoms with E-state index in [2.05, 4.69) is 5.32 Å². The predicted octanol–water partition coefficient (Wildman–Crippen LogP) is 5.02. The van der Waals surface area contributed by atoms with Gasteiger partial charge in [0.1, 0.15) is 17.6 Å². The van der Waals surface area contributed by atoms with E-state index in [9.17, 15) is 14.0 Å². The fraction of sp³-hybridized carbons (Fsp3) is 0.259. The third-order valence-corrected chi connectivity index (χ3v) is 5.55. The van der Waals surface area contributed by atoms with Gasteiger partial charge in [0.15, 0.2) is 6.61 Å². The fourth-order valence-corrected chi connectivity index (χ4v) is 3.70. The van der Waals surface area contributed by atoms with Crippen LogP contribution >= 0.6 is 11.6 Å². The third-order valence-electron chi connectivity index (χ3n) is 5.18. The number of halogens is 2. The molecule has 0 heterocycles. The molecular formula is C27H28ClFN2O3. The molecule has 178 valence electrons. The standard InChI is InChI=1S/C27H28ClFN2O3/c1-19(2)30-27(33)25(16-20-8-4-3-5-9-20)31(17-21-10-6-7-11-24(21)28)26(32)18-34-23-14-12-22(29)13-15-23/h3-15,19,25H,16-18H2,1-2H3,(H,30,33)/t25-/m0/s1. The van der Waals surface area contributed by atoms with Gasteiger partial charge in [0.05, 0.1) is 0 Å². The second-order valence-corrected chi connectivity index (χ2v) is 8.63. The van der Waals surface area contributed by atoms with Crippen molar-refractivity contribution in [1.82, 2.24) is 10.2 Å². The maximum atomic E-state index is 13.4. The zero-order valence-corrected chi connectivity index (χ0v) is 20.0. The molecule has 0 bridgehead atoms. The van der Waals surface area contributed by atoms with Crippen LogP contribution in [0.1, 0.15) is 25.0 Å². The molecular weight excluding hydrogens is 455 g/mol. The van der Waals surface area contributed by atoms with Crippen molar-refractivity contribution in [3.05, 3.63) is 101 Å². The molecule has 0 radical (unpaired) electrons. The summed E-state index contributed by atoms with van der Waals surface area (Å²) in [5.74, 6) is -0.684. The summed E-state index contributed by atoms with van der Waals surface area (Å²) in [7, 11) is 0. The average molecular weight is 483 g/mol. The van der Waals surface area contributed by atoms with Crippen molar-refractivity contribution >= 4 is 23.4 Å². The van der Waals surface area contributed by atoms with E-state index < -0.39 is 11.9 Å². The van der Waals surface area contributed by atoms with Crippen molar-refractivity contribution in [2.45, 2.75) is 38.9 Å². The normalized spacial score (nSPS) is 11.7. The number of carbonyl (C=O) groups is 2. The molecule has 0 aromatic heterocycles. The summed E-state index contributed by atoms with van der Waals surface area (Å²) in [4.78, 5) is 28.2. The molecule has 2 amide bonds. The molecule has 1 N–H and O–H groups in total. The number of amides is 2. The van der Waals surface area contributed by atoms with Crippen molar-refractivity contribution in [2.75, 3.05) is 6.61 Å². The number of ether oxygens (including phenoxy) is 1. The Kier molecular flexibility index (Phi) is 9.05. The van der Waals surface area contributed by atoms with Crippen LogP contribution in [0.4, 0.5) is 4.39 Å². The van der Waals surface area contributed by atoms with Crippen LogP contribution in [0.2, 0.25) is 5.02 Å². The quantitative estimate of drug-likeness (QED) is 0.441. The second-order valence-electron chi connectivity index (χ2n) is 8.22. The Morgan fingerprint density at radius 3 is 2.26 bits per heavy atom. The molecule has 0 fully saturated rings. The topological polar surface area (TPSA) is 58.6 Å². The van der Waals surface area contributed by atoms with E-state index in [0.717, 1.165) is 11.1 Å². The van der Waals surface area contributed by atoms with E-state index in [4.69, 9.17) is 16.3 Å². The average Bonchev–Trinajstić information content (AvgIpc) is 2.82. The van der Waals surface area contributed by atoms with Crippen LogP contribution in [0.15, 0.2) is 78.9 Å². The Morgan fingerprint density at radius 1 is 0.971 bits per heavy atom. The summed E-state index contributed by atoms with van der Waals surface area (Å²) < 4.78 is 18.8. The van der Waals surface area contributed by atoms with Crippen molar-refractivity contribution in [3.8, 4) is 5.75 Å². The second kappa shape index (κ2) is 12.2. The van der Waals surface area contributed by atoms with Gasteiger partial charge in [0, 0.05) is 24.0 Å². The summed E-state index contributed by atoms with van der Waals surface area (Å²) >= 11 is 6.38. The minimum absolute atomic E-state index is 0.0986. The van der Waals surface area contributed by atoms with Crippen LogP contribution in [0.3, 0.4) is 0 Å². The lowest BCUT2D eigenvalue weighted by Crippen LogP contribution is -2.52. The zero-order chi connectivity index (χ0) is 24.5. The molecule has 0 spiro atoms. The molecule has 0 saturated heterocycles. The molecule has 0 aliphatic rings. The van der Waals surface area contributed by atoms with Gasteiger partial charge in [-0.1, -0.05) is 60.1 Å². The number of rotatable bonds is 10. The lowest BCUT2D eigenvalue weighted by Gasteiger charge is -2.32. The molecule has 34 heavy (non-hydrogen) atoms. The van der Waals surface area contributed by atoms with Gasteiger partial charge in [-0.25, -0.2) is 4.39 Å². The Labute approximate surface area is 204 Å². The summed E-state index contributed by atoms with van der Waals surface area (Å²) in [5.41, 5.74) is 1.64. The molecule has 0 unspecified atom stereocenters. The van der Waals surface area contributed by atoms with E-state index in [1.807, 2.05) is 62.4 Å². The number of benzene rings is 3. The SMILES string of the molecule is CC(C)NC(=O)[C@H](Cc1ccccc1)N(Cc1ccccc1Cl)C(=O)COc1ccc(F)cc1. The number of hydrogen-bond acceptors (Lipinski definition) is 3. The van der Waals surface area contributed by atoms with E-state index in [0.29, 0.717) is 17.2 Å². The molecule has 7 heteroatoms. The van der Waals surface area contributed by atoms with Gasteiger partial charge in [-0.3, -0.25) is 9.59 Å². The first-order valence-corrected chi connectivity index (χ1v) is 11.5. The van der Waals surface area contributed by atoms with Gasteiger partial charge in [-0.2, -0.15) is 0 Å². The molecule has 3 rings (SSSR count). The molecule has 3 aromatic rings. The summed E-state index contributed by atoms with van der Waals surface area (Å²) in [5, 5.41) is 3.43. The number of nitrogens with zero attached hydrogens (tertiary/aromatic N) is 1. The van der Waals surface area contributed by atoms with Gasteiger partial charge >= 0.3 is 0 Å². The first kappa shape index (κ1) is 25.2. The highest BCUT2D eigenvalue weighted by atomic mass is 35.5. The molecule has 1 atom stereocenters. The van der Waals surface area contributed by atoms with Crippen LogP contribution < -0.4 is 10.1 Å². The largest absolute Gasteiger partial charge is 0.484 e. The van der Waals surface area contributed by atoms with Crippen LogP contribution in [0, 0.1) is 5.82 Å². The summed E-state index contributed by atoms with van der Waals surface area (Å²) in [6.07, 6.45) is 0.326. The third kappa shape index (κ3) is 7.32. The maximum Gasteiger partial charge on any atom is 0.261 e. The van der Waals surface area contributed by atoms with Gasteiger partial charge in [-0.15, -0.1) is 0 Å². The Hall–Kier alpha value is -3.38. The van der Waals surface area contributed by atoms with Crippen molar-refractivity contribution in [1.29, 1.82) is 0 Å². The first-order valence-electron chi connectivity index (χ1n) is 11.1. The van der Waals surface area contributed by atoms with E-state index in [1.54, 1.807) is 6.07 Å². The number of carbonyl (C=O) groups excluding carboxylic acids is 2. The van der Waals surface area contributed by atoms with Gasteiger partial charge in [-0.05, 0) is 55.3 Å². The molecule has 0 aliphatic carbocycles. The summed E-state index contributed by atoms with van der Waals surface area (Å²) in [6, 6.07) is 21.3. The molecule has 5 nitrogen and oxygen atoms in total. The van der Waals surface area contributed by atoms with Crippen LogP contribution in [0.25, 0.3) is 0 Å². The summed E-state index contributed by atoms with van der Waals surface area (Å²) in [6.45, 7) is 3.56. The van der Waals surface area contributed by atoms with Crippen molar-refractivity contribution in [3.63, 3.8) is 0 Å². The van der Waals surface area contributed by atoms with Crippen molar-refractivity contribution in [2.24, 2.45) is 0 Å². The zero-order valence-electron chi connectivity index (χ0n) is 19.2. The Balaban J connectivity index is 1.91. The predicted molar refractivity (Wildman–Crippen MR) is 131 cm³/mol. The van der Waals surface area contributed by atoms with Gasteiger partial charge < -0.3 is 15.0 Å². The minimum atomic E-state index is -0.787. The smallest absolute Gasteiger partial charge is 0.261 e. The monoisotopic (exact) mass is 482 g/mol. The number of hydrogen-bond donors (Lipinski definition) is 1. The first-order chi connectivity index (χ1) is 16.3. The highest BCUT2D eigenvalue weighted by Gasteiger charge is 2.31. The highest BCUT2D eigenvalue weighted by molar-refractivity contribution is 6.31. The Bertz CT molecular complexity index is 1090. The van der Waals surface area contributed by atoms with Crippen LogP contribution in [-0.4, -0.2) is 35.4 Å². The number of nitrogens with one attached hydrogen (secondary N) is 1. The van der Waals surface area contributed by atoms with Gasteiger partial charge in [0.2, 0.25) is 5.91 Å². The van der Waals surface area contributed by atoms with Crippen molar-refractivity contribution < 1.29 is 18.7 Å². The van der Waals surface area contributed by atoms with Crippen LogP contribution in [-0.2, 0) is 22.6 Å². The minimum Gasteiger partial charge on any atom is -0.484 e. The molecule has 0 saturated carbocycles. The maximum absolute atomic E-state index is 13.4. The van der Waals surface area contributed by atoms with Gasteiger partial charge in [0.25, 0.3) is 5.91 Å². The van der Waals surface area contributed by atoms with E-state index in [-0.39, 0.29) is 31.0 Å². The van der Waals surface area contributed by atoms with E-state index in [1.165, 1.54) is 29.2 Å². The Morgan fingerprint density at radius 2 is 1.62 bits per heavy atom. The molecule has 0 aliphatic heterocycles. The molecule has 3 aromatic carbocycles. The highest BCUT2D eigenvalue weighted by Crippen LogP contribution is 2.21. The lowest BCUT2D eigenvalue weighted by molar-refractivity contribution is -0.143. The lowest BCUT2D eigenvalue weighted by atomic mass is 10.0.